The van der Waals surface area contributed by atoms with E-state index in [1.807, 2.05) is 6.07 Å². The Morgan fingerprint density at radius 2 is 1.81 bits per heavy atom. The standard InChI is InChI=1S/C24H32N4O3S/c29-23(28-14-9-25-10-15-28)22(26-24(30)31)19-6-11-27(12-7-19)13-8-20-16-32-17-21(20)18-4-2-1-3-5-18/h1-5,16-17,19,22,25-26H,6-15H2,(H,30,31)/t22-/m1/s1. The number of nitrogens with one attached hydrogen (secondary N) is 2. The summed E-state index contributed by atoms with van der Waals surface area (Å²) in [5.74, 6) is -0.0242. The number of nitrogens with zero attached hydrogens (tertiary/aromatic N) is 2. The zero-order chi connectivity index (χ0) is 22.3. The lowest BCUT2D eigenvalue weighted by molar-refractivity contribution is -0.135. The SMILES string of the molecule is O=C(O)N[C@@H](C(=O)N1CCNCC1)C1CCN(CCc2cscc2-c2ccccc2)CC1. The molecule has 2 amide bonds. The summed E-state index contributed by atoms with van der Waals surface area (Å²) in [6.07, 6.45) is 1.54. The van der Waals surface area contributed by atoms with Crippen LogP contribution < -0.4 is 10.6 Å². The summed E-state index contributed by atoms with van der Waals surface area (Å²) in [5.41, 5.74) is 3.96. The topological polar surface area (TPSA) is 84.9 Å². The number of carboxylic acid groups (broad SMARTS) is 1. The Bertz CT molecular complexity index is 890. The van der Waals surface area contributed by atoms with Crippen LogP contribution in [0.3, 0.4) is 0 Å². The van der Waals surface area contributed by atoms with E-state index in [1.54, 1.807) is 16.2 Å². The number of carbonyl (C=O) groups excluding carboxylic acids is 1. The van der Waals surface area contributed by atoms with Crippen LogP contribution in [0.1, 0.15) is 18.4 Å². The number of rotatable bonds is 7. The summed E-state index contributed by atoms with van der Waals surface area (Å²) >= 11 is 1.75. The van der Waals surface area contributed by atoms with Crippen molar-refractivity contribution in [3.63, 3.8) is 0 Å². The third-order valence-electron chi connectivity index (χ3n) is 6.60. The number of carbonyl (C=O) groups is 2. The highest BCUT2D eigenvalue weighted by molar-refractivity contribution is 7.08. The van der Waals surface area contributed by atoms with Gasteiger partial charge in [-0.1, -0.05) is 30.3 Å². The van der Waals surface area contributed by atoms with Crippen LogP contribution in [-0.4, -0.2) is 78.8 Å². The van der Waals surface area contributed by atoms with Gasteiger partial charge in [0, 0.05) is 32.7 Å². The third-order valence-corrected chi connectivity index (χ3v) is 7.39. The van der Waals surface area contributed by atoms with E-state index < -0.39 is 12.1 Å². The first-order valence-corrected chi connectivity index (χ1v) is 12.4. The molecule has 2 fully saturated rings. The summed E-state index contributed by atoms with van der Waals surface area (Å²) in [7, 11) is 0. The molecular weight excluding hydrogens is 424 g/mol. The first-order valence-electron chi connectivity index (χ1n) is 11.4. The van der Waals surface area contributed by atoms with Gasteiger partial charge < -0.3 is 25.5 Å². The fourth-order valence-corrected chi connectivity index (χ4v) is 5.67. The van der Waals surface area contributed by atoms with Gasteiger partial charge in [-0.25, -0.2) is 4.79 Å². The number of hydrogen-bond acceptors (Lipinski definition) is 5. The second-order valence-corrected chi connectivity index (χ2v) is 9.35. The molecule has 2 aliphatic rings. The molecule has 1 atom stereocenters. The minimum absolute atomic E-state index is 0.0470. The van der Waals surface area contributed by atoms with E-state index in [9.17, 15) is 14.7 Å². The number of amides is 2. The lowest BCUT2D eigenvalue weighted by Crippen LogP contribution is -2.57. The van der Waals surface area contributed by atoms with Gasteiger partial charge in [0.25, 0.3) is 0 Å². The van der Waals surface area contributed by atoms with Crippen molar-refractivity contribution in [1.82, 2.24) is 20.4 Å². The van der Waals surface area contributed by atoms with Crippen molar-refractivity contribution in [2.45, 2.75) is 25.3 Å². The molecule has 0 saturated carbocycles. The van der Waals surface area contributed by atoms with Gasteiger partial charge in [0.1, 0.15) is 6.04 Å². The molecule has 4 rings (SSSR count). The number of piperazine rings is 1. The van der Waals surface area contributed by atoms with Crippen LogP contribution >= 0.6 is 11.3 Å². The van der Waals surface area contributed by atoms with Crippen molar-refractivity contribution in [3.8, 4) is 11.1 Å². The Morgan fingerprint density at radius 1 is 1.09 bits per heavy atom. The molecule has 0 bridgehead atoms. The van der Waals surface area contributed by atoms with E-state index in [1.165, 1.54) is 16.7 Å². The average Bonchev–Trinajstić information content (AvgIpc) is 3.31. The van der Waals surface area contributed by atoms with Crippen molar-refractivity contribution in [2.24, 2.45) is 5.92 Å². The maximum absolute atomic E-state index is 13.0. The van der Waals surface area contributed by atoms with Crippen LogP contribution in [-0.2, 0) is 11.2 Å². The quantitative estimate of drug-likeness (QED) is 0.597. The van der Waals surface area contributed by atoms with Crippen LogP contribution in [0.15, 0.2) is 41.1 Å². The minimum atomic E-state index is -1.12. The molecule has 2 saturated heterocycles. The maximum Gasteiger partial charge on any atom is 0.405 e. The Kier molecular flexibility index (Phi) is 7.78. The predicted octanol–water partition coefficient (Wildman–Crippen LogP) is 2.74. The van der Waals surface area contributed by atoms with Crippen LogP contribution in [0, 0.1) is 5.92 Å². The molecule has 0 radical (unpaired) electrons. The first-order chi connectivity index (χ1) is 15.6. The second-order valence-electron chi connectivity index (χ2n) is 8.61. The van der Waals surface area contributed by atoms with Gasteiger partial charge >= 0.3 is 6.09 Å². The van der Waals surface area contributed by atoms with Gasteiger partial charge in [-0.3, -0.25) is 4.79 Å². The highest BCUT2D eigenvalue weighted by atomic mass is 32.1. The molecule has 32 heavy (non-hydrogen) atoms. The molecule has 0 unspecified atom stereocenters. The van der Waals surface area contributed by atoms with E-state index in [-0.39, 0.29) is 11.8 Å². The minimum Gasteiger partial charge on any atom is -0.465 e. The lowest BCUT2D eigenvalue weighted by atomic mass is 9.88. The number of hydrogen-bond donors (Lipinski definition) is 3. The molecule has 0 spiro atoms. The van der Waals surface area contributed by atoms with E-state index >= 15 is 0 Å². The Morgan fingerprint density at radius 3 is 2.50 bits per heavy atom. The molecule has 1 aromatic heterocycles. The molecule has 1 aromatic carbocycles. The molecule has 3 N–H and O–H groups in total. The summed E-state index contributed by atoms with van der Waals surface area (Å²) in [4.78, 5) is 28.6. The van der Waals surface area contributed by atoms with E-state index in [0.29, 0.717) is 13.1 Å². The number of benzene rings is 1. The second kappa shape index (κ2) is 10.9. The first kappa shape index (κ1) is 22.8. The average molecular weight is 457 g/mol. The maximum atomic E-state index is 13.0. The lowest BCUT2D eigenvalue weighted by Gasteiger charge is -2.38. The van der Waals surface area contributed by atoms with Crippen LogP contribution in [0.2, 0.25) is 0 Å². The smallest absolute Gasteiger partial charge is 0.405 e. The molecule has 172 valence electrons. The fraction of sp³-hybridized carbons (Fsp3) is 0.500. The van der Waals surface area contributed by atoms with Gasteiger partial charge in [0.05, 0.1) is 0 Å². The molecule has 7 nitrogen and oxygen atoms in total. The number of piperidine rings is 1. The molecule has 8 heteroatoms. The van der Waals surface area contributed by atoms with Crippen molar-refractivity contribution in [3.05, 3.63) is 46.7 Å². The molecule has 2 aromatic rings. The van der Waals surface area contributed by atoms with Gasteiger partial charge in [0.15, 0.2) is 0 Å². The highest BCUT2D eigenvalue weighted by Gasteiger charge is 2.35. The third kappa shape index (κ3) is 5.68. The molecule has 0 aliphatic carbocycles. The Hall–Kier alpha value is -2.42. The number of likely N-dealkylation sites (tertiary alicyclic amines) is 1. The predicted molar refractivity (Wildman–Crippen MR) is 127 cm³/mol. The van der Waals surface area contributed by atoms with Crippen LogP contribution in [0.25, 0.3) is 11.1 Å². The Balaban J connectivity index is 1.31. The normalized spacial score (nSPS) is 18.9. The fourth-order valence-electron chi connectivity index (χ4n) is 4.77. The largest absolute Gasteiger partial charge is 0.465 e. The van der Waals surface area contributed by atoms with Crippen LogP contribution in [0.5, 0.6) is 0 Å². The molecule has 3 heterocycles. The van der Waals surface area contributed by atoms with Gasteiger partial charge in [-0.15, -0.1) is 0 Å². The van der Waals surface area contributed by atoms with Gasteiger partial charge in [-0.2, -0.15) is 11.3 Å². The van der Waals surface area contributed by atoms with E-state index in [4.69, 9.17) is 0 Å². The summed E-state index contributed by atoms with van der Waals surface area (Å²) in [6, 6.07) is 9.85. The molecular formula is C24H32N4O3S. The van der Waals surface area contributed by atoms with Crippen molar-refractivity contribution < 1.29 is 14.7 Å². The van der Waals surface area contributed by atoms with Gasteiger partial charge in [-0.05, 0) is 65.7 Å². The van der Waals surface area contributed by atoms with Crippen LogP contribution in [0.4, 0.5) is 4.79 Å². The zero-order valence-electron chi connectivity index (χ0n) is 18.3. The molecule has 2 aliphatic heterocycles. The highest BCUT2D eigenvalue weighted by Crippen LogP contribution is 2.28. The summed E-state index contributed by atoms with van der Waals surface area (Å²) in [6.45, 7) is 5.56. The van der Waals surface area contributed by atoms with Gasteiger partial charge in [0.2, 0.25) is 5.91 Å². The monoisotopic (exact) mass is 456 g/mol. The summed E-state index contributed by atoms with van der Waals surface area (Å²) < 4.78 is 0. The van der Waals surface area contributed by atoms with E-state index in [0.717, 1.165) is 52.0 Å². The number of thiophene rings is 1. The zero-order valence-corrected chi connectivity index (χ0v) is 19.2. The van der Waals surface area contributed by atoms with Crippen molar-refractivity contribution >= 4 is 23.3 Å². The van der Waals surface area contributed by atoms with Crippen molar-refractivity contribution in [1.29, 1.82) is 0 Å². The summed E-state index contributed by atoms with van der Waals surface area (Å²) in [5, 5.41) is 19.6. The van der Waals surface area contributed by atoms with Crippen molar-refractivity contribution in [2.75, 3.05) is 45.8 Å². The van der Waals surface area contributed by atoms with E-state index in [2.05, 4.69) is 50.6 Å². The Labute approximate surface area is 193 Å².